The number of hydrogen-bond donors (Lipinski definition) is 0. The maximum absolute atomic E-state index is 12.8. The Balaban J connectivity index is 1.58. The third-order valence-corrected chi connectivity index (χ3v) is 6.35. The molecule has 0 radical (unpaired) electrons. The van der Waals surface area contributed by atoms with E-state index in [0.717, 1.165) is 0 Å². The van der Waals surface area contributed by atoms with Gasteiger partial charge in [0, 0.05) is 32.1 Å². The lowest BCUT2D eigenvalue weighted by Crippen LogP contribution is -2.48. The zero-order valence-corrected chi connectivity index (χ0v) is 16.8. The molecule has 0 amide bonds. The van der Waals surface area contributed by atoms with Crippen LogP contribution in [0.15, 0.2) is 33.6 Å². The first-order valence-corrected chi connectivity index (χ1v) is 10.6. The topological polar surface area (TPSA) is 88.8 Å². The van der Waals surface area contributed by atoms with Gasteiger partial charge in [-0.2, -0.15) is 4.31 Å². The smallest absolute Gasteiger partial charge is 0.243 e. The zero-order valence-electron chi connectivity index (χ0n) is 16.0. The summed E-state index contributed by atoms with van der Waals surface area (Å²) in [6.45, 7) is 9.09. The summed E-state index contributed by atoms with van der Waals surface area (Å²) < 4.78 is 38.2. The van der Waals surface area contributed by atoms with Crippen molar-refractivity contribution in [2.45, 2.75) is 38.1 Å². The van der Waals surface area contributed by atoms with Gasteiger partial charge in [-0.05, 0) is 31.2 Å². The van der Waals surface area contributed by atoms with Gasteiger partial charge in [0.1, 0.15) is 5.75 Å². The number of aromatic nitrogens is 2. The molecule has 0 atom stereocenters. The number of ether oxygens (including phenoxy) is 1. The van der Waals surface area contributed by atoms with E-state index in [1.54, 1.807) is 24.3 Å². The van der Waals surface area contributed by atoms with E-state index in [1.807, 2.05) is 20.8 Å². The minimum Gasteiger partial charge on any atom is -0.494 e. The summed E-state index contributed by atoms with van der Waals surface area (Å²) in [6, 6.07) is 6.57. The van der Waals surface area contributed by atoms with Crippen molar-refractivity contribution in [1.29, 1.82) is 0 Å². The highest BCUT2D eigenvalue weighted by Crippen LogP contribution is 2.21. The second-order valence-electron chi connectivity index (χ2n) is 6.77. The molecule has 0 spiro atoms. The van der Waals surface area contributed by atoms with Crippen molar-refractivity contribution in [2.75, 3.05) is 32.8 Å². The number of piperazine rings is 1. The van der Waals surface area contributed by atoms with Crippen LogP contribution in [0.25, 0.3) is 0 Å². The van der Waals surface area contributed by atoms with Gasteiger partial charge in [-0.3, -0.25) is 4.90 Å². The molecule has 2 aromatic rings. The summed E-state index contributed by atoms with van der Waals surface area (Å²) in [6.07, 6.45) is 0. The van der Waals surface area contributed by atoms with Gasteiger partial charge >= 0.3 is 0 Å². The average Bonchev–Trinajstić information content (AvgIpc) is 3.12. The molecule has 0 unspecified atom stereocenters. The van der Waals surface area contributed by atoms with E-state index in [0.29, 0.717) is 56.9 Å². The molecule has 1 aromatic carbocycles. The van der Waals surface area contributed by atoms with Gasteiger partial charge in [0.15, 0.2) is 0 Å². The molecule has 0 bridgehead atoms. The molecule has 1 saturated heterocycles. The summed E-state index contributed by atoms with van der Waals surface area (Å²) in [5.41, 5.74) is 0. The highest BCUT2D eigenvalue weighted by Gasteiger charge is 2.29. The van der Waals surface area contributed by atoms with E-state index in [9.17, 15) is 8.42 Å². The Morgan fingerprint density at radius 3 is 2.33 bits per heavy atom. The molecule has 148 valence electrons. The Morgan fingerprint density at radius 1 is 1.11 bits per heavy atom. The second kappa shape index (κ2) is 8.37. The summed E-state index contributed by atoms with van der Waals surface area (Å²) >= 11 is 0. The Labute approximate surface area is 160 Å². The van der Waals surface area contributed by atoms with Crippen LogP contribution in [0.2, 0.25) is 0 Å². The number of rotatable bonds is 7. The lowest BCUT2D eigenvalue weighted by Gasteiger charge is -2.33. The Kier molecular flexibility index (Phi) is 6.13. The van der Waals surface area contributed by atoms with E-state index >= 15 is 0 Å². The van der Waals surface area contributed by atoms with Crippen LogP contribution in [-0.4, -0.2) is 60.6 Å². The number of nitrogens with zero attached hydrogens (tertiary/aromatic N) is 4. The molecular formula is C18H26N4O4S. The number of benzene rings is 1. The number of hydrogen-bond acceptors (Lipinski definition) is 7. The average molecular weight is 394 g/mol. The molecule has 1 aliphatic rings. The van der Waals surface area contributed by atoms with Crippen molar-refractivity contribution < 1.29 is 17.6 Å². The van der Waals surface area contributed by atoms with Crippen molar-refractivity contribution >= 4 is 10.0 Å². The van der Waals surface area contributed by atoms with Gasteiger partial charge in [-0.25, -0.2) is 8.42 Å². The molecule has 0 aliphatic carbocycles. The van der Waals surface area contributed by atoms with Crippen molar-refractivity contribution in [2.24, 2.45) is 0 Å². The SMILES string of the molecule is CCOc1ccc(S(=O)(=O)N2CCN(Cc3nnc(C(C)C)o3)CC2)cc1. The molecule has 9 heteroatoms. The van der Waals surface area contributed by atoms with Gasteiger partial charge < -0.3 is 9.15 Å². The summed E-state index contributed by atoms with van der Waals surface area (Å²) in [4.78, 5) is 2.42. The van der Waals surface area contributed by atoms with Gasteiger partial charge in [0.2, 0.25) is 21.8 Å². The van der Waals surface area contributed by atoms with E-state index in [2.05, 4.69) is 15.1 Å². The largest absolute Gasteiger partial charge is 0.494 e. The monoisotopic (exact) mass is 394 g/mol. The van der Waals surface area contributed by atoms with Crippen LogP contribution < -0.4 is 4.74 Å². The molecule has 1 fully saturated rings. The maximum atomic E-state index is 12.8. The van der Waals surface area contributed by atoms with Crippen LogP contribution in [0.5, 0.6) is 5.75 Å². The Morgan fingerprint density at radius 2 is 1.78 bits per heavy atom. The molecule has 2 heterocycles. The predicted octanol–water partition coefficient (Wildman–Crippen LogP) is 2.10. The van der Waals surface area contributed by atoms with Crippen LogP contribution in [0.1, 0.15) is 38.5 Å². The van der Waals surface area contributed by atoms with Crippen LogP contribution in [0, 0.1) is 0 Å². The van der Waals surface area contributed by atoms with Crippen LogP contribution in [0.3, 0.4) is 0 Å². The van der Waals surface area contributed by atoms with E-state index < -0.39 is 10.0 Å². The third kappa shape index (κ3) is 4.66. The van der Waals surface area contributed by atoms with Crippen molar-refractivity contribution in [3.05, 3.63) is 36.0 Å². The molecule has 0 N–H and O–H groups in total. The fraction of sp³-hybridized carbons (Fsp3) is 0.556. The minimum atomic E-state index is -3.50. The predicted molar refractivity (Wildman–Crippen MR) is 100 cm³/mol. The van der Waals surface area contributed by atoms with E-state index in [4.69, 9.17) is 9.15 Å². The Bertz CT molecular complexity index is 841. The first kappa shape index (κ1) is 19.8. The molecule has 0 saturated carbocycles. The van der Waals surface area contributed by atoms with Gasteiger partial charge in [-0.15, -0.1) is 10.2 Å². The summed E-state index contributed by atoms with van der Waals surface area (Å²) in [5.74, 6) is 2.06. The molecule has 1 aliphatic heterocycles. The zero-order chi connectivity index (χ0) is 19.4. The van der Waals surface area contributed by atoms with Crippen LogP contribution in [0.4, 0.5) is 0 Å². The van der Waals surface area contributed by atoms with Crippen molar-refractivity contribution in [3.63, 3.8) is 0 Å². The fourth-order valence-corrected chi connectivity index (χ4v) is 4.33. The molecule has 3 rings (SSSR count). The standard InChI is InChI=1S/C18H26N4O4S/c1-4-25-15-5-7-16(8-6-15)27(23,24)22-11-9-21(10-12-22)13-17-19-20-18(26-17)14(2)3/h5-8,14H,4,9-13H2,1-3H3. The summed E-state index contributed by atoms with van der Waals surface area (Å²) in [5, 5.41) is 8.10. The van der Waals surface area contributed by atoms with Gasteiger partial charge in [0.25, 0.3) is 0 Å². The summed E-state index contributed by atoms with van der Waals surface area (Å²) in [7, 11) is -3.50. The van der Waals surface area contributed by atoms with Crippen molar-refractivity contribution in [1.82, 2.24) is 19.4 Å². The second-order valence-corrected chi connectivity index (χ2v) is 8.71. The van der Waals surface area contributed by atoms with Crippen LogP contribution >= 0.6 is 0 Å². The van der Waals surface area contributed by atoms with Gasteiger partial charge in [-0.1, -0.05) is 13.8 Å². The highest BCUT2D eigenvalue weighted by molar-refractivity contribution is 7.89. The Hall–Kier alpha value is -1.97. The van der Waals surface area contributed by atoms with Crippen molar-refractivity contribution in [3.8, 4) is 5.75 Å². The maximum Gasteiger partial charge on any atom is 0.243 e. The lowest BCUT2D eigenvalue weighted by molar-refractivity contribution is 0.167. The first-order chi connectivity index (χ1) is 12.9. The first-order valence-electron chi connectivity index (χ1n) is 9.17. The highest BCUT2D eigenvalue weighted by atomic mass is 32.2. The van der Waals surface area contributed by atoms with Crippen LogP contribution in [-0.2, 0) is 16.6 Å². The lowest BCUT2D eigenvalue weighted by atomic mass is 10.2. The molecular weight excluding hydrogens is 368 g/mol. The van der Waals surface area contributed by atoms with Gasteiger partial charge in [0.05, 0.1) is 18.0 Å². The quantitative estimate of drug-likeness (QED) is 0.710. The van der Waals surface area contributed by atoms with E-state index in [-0.39, 0.29) is 10.8 Å². The molecule has 1 aromatic heterocycles. The molecule has 27 heavy (non-hydrogen) atoms. The fourth-order valence-electron chi connectivity index (χ4n) is 2.91. The minimum absolute atomic E-state index is 0.197. The number of sulfonamides is 1. The van der Waals surface area contributed by atoms with E-state index in [1.165, 1.54) is 4.31 Å². The molecule has 8 nitrogen and oxygen atoms in total. The third-order valence-electron chi connectivity index (χ3n) is 4.44. The normalized spacial score (nSPS) is 16.7.